The molecule has 2 N–H and O–H groups in total. The molecule has 17 heavy (non-hydrogen) atoms. The van der Waals surface area contributed by atoms with Gasteiger partial charge in [0.1, 0.15) is 5.82 Å². The van der Waals surface area contributed by atoms with Crippen LogP contribution in [-0.4, -0.2) is 11.3 Å². The van der Waals surface area contributed by atoms with Crippen LogP contribution in [0.1, 0.15) is 38.5 Å². The van der Waals surface area contributed by atoms with Gasteiger partial charge in [0.05, 0.1) is 0 Å². The van der Waals surface area contributed by atoms with Gasteiger partial charge in [-0.3, -0.25) is 0 Å². The smallest absolute Gasteiger partial charge is 0.136 e. The van der Waals surface area contributed by atoms with Crippen molar-refractivity contribution in [1.29, 1.82) is 0 Å². The Morgan fingerprint density at radius 1 is 1.06 bits per heavy atom. The summed E-state index contributed by atoms with van der Waals surface area (Å²) in [5.41, 5.74) is 6.20. The van der Waals surface area contributed by atoms with Crippen molar-refractivity contribution in [1.82, 2.24) is 0 Å². The standard InChI is InChI=1S/C14H20FNS/c15-11-7-5-6-9-13(11)17-14-10-4-2-1-3-8-12(14)16/h5-7,9,12,14H,1-4,8,10,16H2. The first-order valence-electron chi connectivity index (χ1n) is 6.44. The Morgan fingerprint density at radius 3 is 2.53 bits per heavy atom. The van der Waals surface area contributed by atoms with E-state index in [1.54, 1.807) is 17.8 Å². The molecule has 2 atom stereocenters. The van der Waals surface area contributed by atoms with Crippen LogP contribution in [0, 0.1) is 5.82 Å². The summed E-state index contributed by atoms with van der Waals surface area (Å²) in [5.74, 6) is -0.119. The third-order valence-corrected chi connectivity index (χ3v) is 4.84. The highest BCUT2D eigenvalue weighted by molar-refractivity contribution is 8.00. The molecule has 94 valence electrons. The lowest BCUT2D eigenvalue weighted by molar-refractivity contribution is 0.463. The largest absolute Gasteiger partial charge is 0.327 e. The second-order valence-electron chi connectivity index (χ2n) is 4.74. The van der Waals surface area contributed by atoms with Crippen LogP contribution in [0.25, 0.3) is 0 Å². The summed E-state index contributed by atoms with van der Waals surface area (Å²) in [6.45, 7) is 0. The van der Waals surface area contributed by atoms with Gasteiger partial charge in [-0.2, -0.15) is 0 Å². The summed E-state index contributed by atoms with van der Waals surface area (Å²) in [6.07, 6.45) is 7.22. The molecule has 0 bridgehead atoms. The number of rotatable bonds is 2. The van der Waals surface area contributed by atoms with E-state index in [2.05, 4.69) is 0 Å². The summed E-state index contributed by atoms with van der Waals surface area (Å²) < 4.78 is 13.6. The molecule has 1 aliphatic carbocycles. The lowest BCUT2D eigenvalue weighted by atomic mass is 9.97. The number of thioether (sulfide) groups is 1. The maximum absolute atomic E-state index is 13.6. The molecule has 1 aliphatic rings. The van der Waals surface area contributed by atoms with Gasteiger partial charge in [-0.15, -0.1) is 11.8 Å². The Kier molecular flexibility index (Phi) is 4.86. The van der Waals surface area contributed by atoms with Gasteiger partial charge in [0.2, 0.25) is 0 Å². The van der Waals surface area contributed by atoms with Crippen molar-refractivity contribution in [2.24, 2.45) is 5.73 Å². The molecule has 1 saturated carbocycles. The molecule has 3 heteroatoms. The maximum Gasteiger partial charge on any atom is 0.136 e. The van der Waals surface area contributed by atoms with Gasteiger partial charge in [0.25, 0.3) is 0 Å². The average molecular weight is 253 g/mol. The van der Waals surface area contributed by atoms with Crippen LogP contribution in [-0.2, 0) is 0 Å². The van der Waals surface area contributed by atoms with Crippen LogP contribution >= 0.6 is 11.8 Å². The van der Waals surface area contributed by atoms with Crippen LogP contribution in [0.15, 0.2) is 29.2 Å². The van der Waals surface area contributed by atoms with Crippen molar-refractivity contribution < 1.29 is 4.39 Å². The van der Waals surface area contributed by atoms with Crippen LogP contribution in [0.5, 0.6) is 0 Å². The summed E-state index contributed by atoms with van der Waals surface area (Å²) in [4.78, 5) is 0.744. The predicted octanol–water partition coefficient (Wildman–Crippen LogP) is 3.97. The van der Waals surface area contributed by atoms with Gasteiger partial charge >= 0.3 is 0 Å². The summed E-state index contributed by atoms with van der Waals surface area (Å²) in [6, 6.07) is 7.21. The molecule has 0 aliphatic heterocycles. The zero-order chi connectivity index (χ0) is 12.1. The lowest BCUT2D eigenvalue weighted by Gasteiger charge is -2.25. The first kappa shape index (κ1) is 12.9. The second kappa shape index (κ2) is 6.41. The summed E-state index contributed by atoms with van der Waals surface area (Å²) in [5, 5.41) is 0.368. The summed E-state index contributed by atoms with van der Waals surface area (Å²) in [7, 11) is 0. The van der Waals surface area contributed by atoms with E-state index in [-0.39, 0.29) is 11.9 Å². The third-order valence-electron chi connectivity index (χ3n) is 3.37. The highest BCUT2D eigenvalue weighted by atomic mass is 32.2. The normalized spacial score (nSPS) is 26.2. The molecule has 0 spiro atoms. The average Bonchev–Trinajstić information content (AvgIpc) is 2.31. The van der Waals surface area contributed by atoms with Crippen molar-refractivity contribution >= 4 is 11.8 Å². The summed E-state index contributed by atoms with van der Waals surface area (Å²) >= 11 is 1.62. The molecule has 0 amide bonds. The predicted molar refractivity (Wildman–Crippen MR) is 71.7 cm³/mol. The minimum Gasteiger partial charge on any atom is -0.327 e. The quantitative estimate of drug-likeness (QED) is 0.863. The number of benzene rings is 1. The number of hydrogen-bond donors (Lipinski definition) is 1. The van der Waals surface area contributed by atoms with Gasteiger partial charge in [-0.1, -0.05) is 37.8 Å². The van der Waals surface area contributed by atoms with Crippen molar-refractivity contribution in [2.75, 3.05) is 0 Å². The number of nitrogens with two attached hydrogens (primary N) is 1. The van der Waals surface area contributed by atoms with Crippen LogP contribution in [0.3, 0.4) is 0 Å². The molecule has 2 unspecified atom stereocenters. The molecule has 0 radical (unpaired) electrons. The number of hydrogen-bond acceptors (Lipinski definition) is 2. The fraction of sp³-hybridized carbons (Fsp3) is 0.571. The molecule has 2 rings (SSSR count). The van der Waals surface area contributed by atoms with Crippen molar-refractivity contribution in [3.05, 3.63) is 30.1 Å². The van der Waals surface area contributed by atoms with E-state index in [0.717, 1.165) is 17.7 Å². The third kappa shape index (κ3) is 3.71. The van der Waals surface area contributed by atoms with Gasteiger partial charge in [-0.05, 0) is 25.0 Å². The molecule has 1 nitrogen and oxygen atoms in total. The molecule has 0 aromatic heterocycles. The topological polar surface area (TPSA) is 26.0 Å². The monoisotopic (exact) mass is 253 g/mol. The van der Waals surface area contributed by atoms with Crippen LogP contribution < -0.4 is 5.73 Å². The van der Waals surface area contributed by atoms with Gasteiger partial charge in [0, 0.05) is 16.2 Å². The lowest BCUT2D eigenvalue weighted by Crippen LogP contribution is -2.33. The number of halogens is 1. The van der Waals surface area contributed by atoms with Crippen LogP contribution in [0.2, 0.25) is 0 Å². The molecule has 1 aromatic carbocycles. The minimum atomic E-state index is -0.119. The Balaban J connectivity index is 2.02. The van der Waals surface area contributed by atoms with E-state index in [1.807, 2.05) is 12.1 Å². The first-order valence-corrected chi connectivity index (χ1v) is 7.32. The fourth-order valence-corrected chi connectivity index (χ4v) is 3.59. The SMILES string of the molecule is NC1CCCCCCC1Sc1ccccc1F. The van der Waals surface area contributed by atoms with Gasteiger partial charge < -0.3 is 5.73 Å². The van der Waals surface area contributed by atoms with E-state index in [0.29, 0.717) is 5.25 Å². The van der Waals surface area contributed by atoms with Gasteiger partial charge in [0.15, 0.2) is 0 Å². The molecule has 1 fully saturated rings. The van der Waals surface area contributed by atoms with Crippen molar-refractivity contribution in [2.45, 2.75) is 54.7 Å². The molecular weight excluding hydrogens is 233 g/mol. The van der Waals surface area contributed by atoms with Gasteiger partial charge in [-0.25, -0.2) is 4.39 Å². The van der Waals surface area contributed by atoms with Crippen molar-refractivity contribution in [3.8, 4) is 0 Å². The molecule has 0 heterocycles. The van der Waals surface area contributed by atoms with Crippen LogP contribution in [0.4, 0.5) is 4.39 Å². The molecular formula is C14H20FNS. The minimum absolute atomic E-state index is 0.119. The second-order valence-corrected chi connectivity index (χ2v) is 6.02. The fourth-order valence-electron chi connectivity index (χ4n) is 2.33. The van der Waals surface area contributed by atoms with E-state index >= 15 is 0 Å². The molecule has 0 saturated heterocycles. The van der Waals surface area contributed by atoms with E-state index < -0.39 is 0 Å². The molecule has 1 aromatic rings. The van der Waals surface area contributed by atoms with E-state index in [4.69, 9.17) is 5.73 Å². The first-order chi connectivity index (χ1) is 8.27. The Labute approximate surface area is 107 Å². The highest BCUT2D eigenvalue weighted by Gasteiger charge is 2.21. The van der Waals surface area contributed by atoms with Crippen molar-refractivity contribution in [3.63, 3.8) is 0 Å². The zero-order valence-corrected chi connectivity index (χ0v) is 10.9. The Bertz CT molecular complexity index is 356. The van der Waals surface area contributed by atoms with E-state index in [9.17, 15) is 4.39 Å². The van der Waals surface area contributed by atoms with E-state index in [1.165, 1.54) is 31.7 Å². The Morgan fingerprint density at radius 2 is 1.76 bits per heavy atom. The maximum atomic E-state index is 13.6. The Hall–Kier alpha value is -0.540. The highest BCUT2D eigenvalue weighted by Crippen LogP contribution is 2.33. The zero-order valence-electron chi connectivity index (χ0n) is 10.1.